The fourth-order valence-corrected chi connectivity index (χ4v) is 3.61. The lowest BCUT2D eigenvalue weighted by molar-refractivity contribution is -0.139. The van der Waals surface area contributed by atoms with Crippen LogP contribution in [0, 0.1) is 0 Å². The molecule has 9 nitrogen and oxygen atoms in total. The van der Waals surface area contributed by atoms with E-state index in [1.165, 1.54) is 25.5 Å². The summed E-state index contributed by atoms with van der Waals surface area (Å²) in [6.07, 6.45) is 3.07. The Morgan fingerprint density at radius 1 is 0.829 bits per heavy atom. The number of benzene rings is 3. The lowest BCUT2D eigenvalue weighted by Gasteiger charge is -2.09. The van der Waals surface area contributed by atoms with Gasteiger partial charge in [0, 0.05) is 11.8 Å². The van der Waals surface area contributed by atoms with Crippen LogP contribution in [0.3, 0.4) is 0 Å². The molecule has 4 rings (SSSR count). The average molecular weight is 634 g/mol. The van der Waals surface area contributed by atoms with Crippen molar-refractivity contribution in [3.05, 3.63) is 105 Å². The van der Waals surface area contributed by atoms with Crippen LogP contribution in [0.5, 0.6) is 11.6 Å². The van der Waals surface area contributed by atoms with Gasteiger partial charge in [0.2, 0.25) is 12.0 Å². The molecule has 0 saturated heterocycles. The number of nitrogens with zero attached hydrogens (tertiary/aromatic N) is 2. The van der Waals surface area contributed by atoms with E-state index in [0.29, 0.717) is 48.8 Å². The summed E-state index contributed by atoms with van der Waals surface area (Å²) in [5.74, 6) is 0.608. The van der Waals surface area contributed by atoms with Gasteiger partial charge < -0.3 is 20.1 Å². The highest BCUT2D eigenvalue weighted by Crippen LogP contribution is 2.27. The molecule has 0 unspecified atom stereocenters. The molecule has 0 spiro atoms. The number of aliphatic imine (C=N–C) groups is 1. The molecule has 41 heavy (non-hydrogen) atoms. The second-order valence-corrected chi connectivity index (χ2v) is 9.52. The molecule has 0 saturated carbocycles. The van der Waals surface area contributed by atoms with Gasteiger partial charge in [-0.15, -0.1) is 0 Å². The van der Waals surface area contributed by atoms with Gasteiger partial charge >= 0.3 is 12.0 Å². The topological polar surface area (TPSA) is 119 Å². The van der Waals surface area contributed by atoms with Gasteiger partial charge in [-0.25, -0.2) is 14.6 Å². The summed E-state index contributed by atoms with van der Waals surface area (Å²) in [7, 11) is 1.35. The third-order valence-corrected chi connectivity index (χ3v) is 6.45. The predicted octanol–water partition coefficient (Wildman–Crippen LogP) is 8.50. The van der Waals surface area contributed by atoms with E-state index < -0.39 is 6.03 Å². The van der Waals surface area contributed by atoms with Crippen LogP contribution in [0.15, 0.2) is 84.0 Å². The van der Waals surface area contributed by atoms with E-state index in [2.05, 4.69) is 25.3 Å². The smallest absolute Gasteiger partial charge is 0.323 e. The van der Waals surface area contributed by atoms with Gasteiger partial charge in [-0.3, -0.25) is 4.79 Å². The van der Waals surface area contributed by atoms with Gasteiger partial charge in [-0.1, -0.05) is 58.5 Å². The zero-order valence-electron chi connectivity index (χ0n) is 21.2. The Morgan fingerprint density at radius 2 is 1.46 bits per heavy atom. The minimum absolute atomic E-state index is 0.194. The number of hydrogen-bond acceptors (Lipinski definition) is 7. The van der Waals surface area contributed by atoms with Crippen LogP contribution in [0.25, 0.3) is 0 Å². The molecule has 2 amide bonds. The number of anilines is 2. The lowest BCUT2D eigenvalue weighted by atomic mass is 10.1. The maximum atomic E-state index is 12.1. The number of hydrogen-bond donors (Lipinski definition) is 2. The molecule has 13 heteroatoms. The van der Waals surface area contributed by atoms with Crippen molar-refractivity contribution < 1.29 is 23.9 Å². The van der Waals surface area contributed by atoms with Crippen LogP contribution in [0.2, 0.25) is 20.1 Å². The molecular formula is C28H20Cl4N4O5. The maximum absolute atomic E-state index is 12.1. The summed E-state index contributed by atoms with van der Waals surface area (Å²) < 4.78 is 10.3. The number of rotatable bonds is 7. The third kappa shape index (κ3) is 10.4. The molecule has 3 aromatic carbocycles. The number of carbonyl (C=O) groups is 2. The first-order valence-corrected chi connectivity index (χ1v) is 13.0. The molecule has 0 fully saturated rings. The molecule has 4 aromatic rings. The first-order valence-electron chi connectivity index (χ1n) is 11.5. The van der Waals surface area contributed by atoms with Crippen molar-refractivity contribution in [2.45, 2.75) is 6.42 Å². The molecule has 1 aromatic heterocycles. The fourth-order valence-electron chi connectivity index (χ4n) is 3.02. The number of carbonyl (C=O) groups excluding carboxylic acids is 3. The highest BCUT2D eigenvalue weighted by Gasteiger charge is 2.07. The fraction of sp³-hybridized carbons (Fsp3) is 0.0714. The highest BCUT2D eigenvalue weighted by atomic mass is 35.5. The van der Waals surface area contributed by atoms with Gasteiger partial charge in [0.1, 0.15) is 5.75 Å². The number of esters is 1. The number of isocyanates is 1. The zero-order chi connectivity index (χ0) is 29.8. The standard InChI is InChI=1S/C21H17Cl2N3O4.C7H3Cl2NO/c1-29-20(27)10-13-2-6-16(7-3-13)30-19-9-5-15(12-24-19)26-21(28)25-14-4-8-17(22)18(23)11-14;8-6-2-1-5(10-4-11)3-7(6)9/h2-9,11-12H,10H2,1H3,(H2,25,26,28);1-3H. The average Bonchev–Trinajstić information content (AvgIpc) is 2.95. The zero-order valence-corrected chi connectivity index (χ0v) is 24.2. The third-order valence-electron chi connectivity index (χ3n) is 4.97. The van der Waals surface area contributed by atoms with Crippen LogP contribution in [0.4, 0.5) is 21.9 Å². The van der Waals surface area contributed by atoms with Gasteiger partial charge in [0.15, 0.2) is 0 Å². The number of halogens is 4. The molecule has 0 bridgehead atoms. The monoisotopic (exact) mass is 632 g/mol. The van der Waals surface area contributed by atoms with Crippen LogP contribution >= 0.6 is 46.4 Å². The number of aromatic nitrogens is 1. The van der Waals surface area contributed by atoms with E-state index in [-0.39, 0.29) is 12.4 Å². The first-order chi connectivity index (χ1) is 19.7. The highest BCUT2D eigenvalue weighted by molar-refractivity contribution is 6.42. The largest absolute Gasteiger partial charge is 0.469 e. The number of urea groups is 1. The second-order valence-electron chi connectivity index (χ2n) is 7.89. The summed E-state index contributed by atoms with van der Waals surface area (Å²) in [6, 6.07) is 19.3. The van der Waals surface area contributed by atoms with Crippen molar-refractivity contribution in [3.8, 4) is 11.6 Å². The van der Waals surface area contributed by atoms with Gasteiger partial charge in [-0.05, 0) is 60.2 Å². The summed E-state index contributed by atoms with van der Waals surface area (Å²) >= 11 is 23.0. The van der Waals surface area contributed by atoms with Crippen LogP contribution < -0.4 is 15.4 Å². The van der Waals surface area contributed by atoms with E-state index in [0.717, 1.165) is 5.56 Å². The van der Waals surface area contributed by atoms with E-state index >= 15 is 0 Å². The number of nitrogens with one attached hydrogen (secondary N) is 2. The molecule has 1 heterocycles. The van der Waals surface area contributed by atoms with Crippen molar-refractivity contribution in [2.75, 3.05) is 17.7 Å². The van der Waals surface area contributed by atoms with Gasteiger partial charge in [-0.2, -0.15) is 4.99 Å². The normalized spacial score (nSPS) is 9.88. The Morgan fingerprint density at radius 3 is 2.05 bits per heavy atom. The number of ether oxygens (including phenoxy) is 2. The minimum Gasteiger partial charge on any atom is -0.469 e. The Hall–Kier alpha value is -4.11. The molecular weight excluding hydrogens is 614 g/mol. The molecule has 0 radical (unpaired) electrons. The molecule has 0 aliphatic carbocycles. The van der Waals surface area contributed by atoms with Crippen LogP contribution in [-0.4, -0.2) is 30.2 Å². The molecule has 0 aliphatic rings. The predicted molar refractivity (Wildman–Crippen MR) is 160 cm³/mol. The van der Waals surface area contributed by atoms with Crippen LogP contribution in [-0.2, 0) is 20.7 Å². The Balaban J connectivity index is 0.000000352. The van der Waals surface area contributed by atoms with E-state index in [9.17, 15) is 14.4 Å². The van der Waals surface area contributed by atoms with Crippen molar-refractivity contribution in [3.63, 3.8) is 0 Å². The summed E-state index contributed by atoms with van der Waals surface area (Å²) in [6.45, 7) is 0. The van der Waals surface area contributed by atoms with Crippen LogP contribution in [0.1, 0.15) is 5.56 Å². The van der Waals surface area contributed by atoms with Gasteiger partial charge in [0.05, 0.1) is 51.2 Å². The SMILES string of the molecule is COC(=O)Cc1ccc(Oc2ccc(NC(=O)Nc3ccc(Cl)c(Cl)c3)cn2)cc1.O=C=Nc1ccc(Cl)c(Cl)c1. The van der Waals surface area contributed by atoms with Crippen molar-refractivity contribution in [1.29, 1.82) is 0 Å². The minimum atomic E-state index is -0.454. The summed E-state index contributed by atoms with van der Waals surface area (Å²) in [5, 5.41) is 6.88. The van der Waals surface area contributed by atoms with Crippen molar-refractivity contribution in [1.82, 2.24) is 4.98 Å². The Labute approximate surface area is 255 Å². The maximum Gasteiger partial charge on any atom is 0.323 e. The Kier molecular flexibility index (Phi) is 12.0. The quantitative estimate of drug-likeness (QED) is 0.120. The number of amides is 2. The van der Waals surface area contributed by atoms with Crippen molar-refractivity contribution in [2.24, 2.45) is 4.99 Å². The van der Waals surface area contributed by atoms with E-state index in [1.54, 1.807) is 66.7 Å². The lowest BCUT2D eigenvalue weighted by Crippen LogP contribution is -2.19. The number of pyridine rings is 1. The molecule has 0 atom stereocenters. The molecule has 0 aliphatic heterocycles. The molecule has 2 N–H and O–H groups in total. The van der Waals surface area contributed by atoms with Crippen molar-refractivity contribution >= 4 is 81.5 Å². The van der Waals surface area contributed by atoms with E-state index in [1.807, 2.05) is 0 Å². The van der Waals surface area contributed by atoms with Gasteiger partial charge in [0.25, 0.3) is 0 Å². The summed E-state index contributed by atoms with van der Waals surface area (Å²) in [4.78, 5) is 40.7. The van der Waals surface area contributed by atoms with E-state index in [4.69, 9.17) is 51.1 Å². The summed E-state index contributed by atoms with van der Waals surface area (Å²) in [5.41, 5.74) is 2.25. The Bertz CT molecular complexity index is 1560. The first kappa shape index (κ1) is 31.4. The number of methoxy groups -OCH3 is 1. The second kappa shape index (κ2) is 15.6. The molecule has 210 valence electrons.